The zero-order chi connectivity index (χ0) is 7.15. The molecule has 0 N–H and O–H groups in total. The first-order valence-corrected chi connectivity index (χ1v) is 1.22. The van der Waals surface area contributed by atoms with Crippen molar-refractivity contribution >= 4 is 12.3 Å². The average molecular weight is 293 g/mol. The molecule has 0 aliphatic heterocycles. The van der Waals surface area contributed by atoms with Crippen LogP contribution in [0.2, 0.25) is 0 Å². The maximum Gasteiger partial charge on any atom is 3.00 e. The molecule has 0 unspecified atom stereocenters. The van der Waals surface area contributed by atoms with Gasteiger partial charge in [-0.25, -0.2) is 0 Å². The van der Waals surface area contributed by atoms with Crippen LogP contribution in [0.15, 0.2) is 0 Å². The van der Waals surface area contributed by atoms with Crippen molar-refractivity contribution in [3.05, 3.63) is 0 Å². The topological polar surface area (TPSA) is 126 Å². The molecule has 10 heavy (non-hydrogen) atoms. The molecular formula is C2NaO6Sm. The minimum absolute atomic E-state index is 0. The van der Waals surface area contributed by atoms with Gasteiger partial charge in [0.05, 0.1) is 0 Å². The van der Waals surface area contributed by atoms with Crippen molar-refractivity contribution < 1.29 is 100.0 Å². The van der Waals surface area contributed by atoms with Crippen molar-refractivity contribution in [2.45, 2.75) is 0 Å². The van der Waals surface area contributed by atoms with Gasteiger partial charge in [-0.15, -0.1) is 0 Å². The van der Waals surface area contributed by atoms with Crippen molar-refractivity contribution in [1.29, 1.82) is 0 Å². The van der Waals surface area contributed by atoms with Gasteiger partial charge in [-0.1, -0.05) is 0 Å². The van der Waals surface area contributed by atoms with Gasteiger partial charge in [0.2, 0.25) is 0 Å². The second kappa shape index (κ2) is 16.5. The van der Waals surface area contributed by atoms with Crippen LogP contribution in [-0.4, -0.2) is 12.3 Å². The van der Waals surface area contributed by atoms with Gasteiger partial charge in [-0.2, -0.15) is 0 Å². The Balaban J connectivity index is -0.0000000300. The van der Waals surface area contributed by atoms with Crippen LogP contribution in [0.25, 0.3) is 0 Å². The monoisotopic (exact) mass is 295 g/mol. The molecule has 0 fully saturated rings. The fraction of sp³-hybridized carbons (Fsp3) is 0. The van der Waals surface area contributed by atoms with Crippen molar-refractivity contribution in [2.24, 2.45) is 0 Å². The number of carbonyl (C=O) groups is 2. The third-order valence-corrected chi connectivity index (χ3v) is 0. The first-order valence-electron chi connectivity index (χ1n) is 1.22. The van der Waals surface area contributed by atoms with E-state index in [9.17, 15) is 0 Å². The van der Waals surface area contributed by atoms with Crippen LogP contribution >= 0.6 is 0 Å². The SMILES string of the molecule is O=C([O-])[O-].O=C([O-])[O-].[Na+].[Sm+3]. The molecule has 6 nitrogen and oxygen atoms in total. The van der Waals surface area contributed by atoms with Crippen molar-refractivity contribution in [3.8, 4) is 0 Å². The Kier molecular flexibility index (Phi) is 36.9. The molecule has 0 aromatic carbocycles. The summed E-state index contributed by atoms with van der Waals surface area (Å²) in [7, 11) is 0. The van der Waals surface area contributed by atoms with Gasteiger partial charge in [0, 0.05) is 0 Å². The number of carboxylic acid groups (broad SMARTS) is 4. The fourth-order valence-corrected chi connectivity index (χ4v) is 0. The quantitative estimate of drug-likeness (QED) is 0.408. The fourth-order valence-electron chi connectivity index (χ4n) is 0. The Hall–Kier alpha value is 0.878. The van der Waals surface area contributed by atoms with E-state index in [-0.39, 0.29) is 69.9 Å². The Labute approximate surface area is 111 Å². The molecule has 8 heteroatoms. The smallest absolute Gasteiger partial charge is 0.652 e. The third-order valence-electron chi connectivity index (χ3n) is 0. The summed E-state index contributed by atoms with van der Waals surface area (Å²) >= 11 is 0. The van der Waals surface area contributed by atoms with Gasteiger partial charge in [0.25, 0.3) is 0 Å². The Bertz CT molecular complexity index is 73.7. The van der Waals surface area contributed by atoms with Gasteiger partial charge in [-0.05, 0) is 12.3 Å². The van der Waals surface area contributed by atoms with E-state index in [0.29, 0.717) is 0 Å². The molecule has 0 rings (SSSR count). The molecule has 0 aromatic heterocycles. The molecule has 0 spiro atoms. The van der Waals surface area contributed by atoms with Gasteiger partial charge in [0.15, 0.2) is 0 Å². The summed E-state index contributed by atoms with van der Waals surface area (Å²) in [5, 5.41) is 33.3. The second-order valence-electron chi connectivity index (χ2n) is 0.500. The second-order valence-corrected chi connectivity index (χ2v) is 0.500. The number of rotatable bonds is 0. The van der Waals surface area contributed by atoms with Crippen LogP contribution in [0.4, 0.5) is 9.59 Å². The van der Waals surface area contributed by atoms with Crippen molar-refractivity contribution in [2.75, 3.05) is 0 Å². The molecule has 0 aliphatic rings. The first-order chi connectivity index (χ1) is 3.46. The van der Waals surface area contributed by atoms with Crippen molar-refractivity contribution in [1.82, 2.24) is 0 Å². The van der Waals surface area contributed by atoms with Crippen LogP contribution in [0.5, 0.6) is 0 Å². The van der Waals surface area contributed by atoms with E-state index in [2.05, 4.69) is 0 Å². The average Bonchev–Trinajstić information content (AvgIpc) is 1.25. The van der Waals surface area contributed by atoms with E-state index in [1.807, 2.05) is 0 Å². The first kappa shape index (κ1) is 22.4. The summed E-state index contributed by atoms with van der Waals surface area (Å²) in [5.74, 6) is 0. The molecular weight excluding hydrogens is 293 g/mol. The van der Waals surface area contributed by atoms with Gasteiger partial charge in [0.1, 0.15) is 0 Å². The molecule has 0 saturated carbocycles. The van der Waals surface area contributed by atoms with Crippen LogP contribution in [0, 0.1) is 40.4 Å². The molecule has 0 aromatic rings. The molecule has 0 bridgehead atoms. The van der Waals surface area contributed by atoms with Crippen molar-refractivity contribution in [3.63, 3.8) is 0 Å². The summed E-state index contributed by atoms with van der Waals surface area (Å²) in [4.78, 5) is 16.7. The standard InChI is InChI=1S/2CH2O3.Na.Sm/c2*2-1(3)4;;/h2*(H2,2,3,4);;/q;;+1;+3/p-4. The van der Waals surface area contributed by atoms with Crippen LogP contribution < -0.4 is 50.0 Å². The Morgan fingerprint density at radius 1 is 0.800 bits per heavy atom. The summed E-state index contributed by atoms with van der Waals surface area (Å²) < 4.78 is 0. The van der Waals surface area contributed by atoms with E-state index in [0.717, 1.165) is 0 Å². The summed E-state index contributed by atoms with van der Waals surface area (Å²) in [5.41, 5.74) is 0. The molecule has 0 aliphatic carbocycles. The molecule has 51 valence electrons. The summed E-state index contributed by atoms with van der Waals surface area (Å²) in [6.07, 6.45) is -4.67. The normalized spacial score (nSPS) is 4.80. The number of carbonyl (C=O) groups excluding carboxylic acids is 2. The maximum absolute atomic E-state index is 8.33. The van der Waals surface area contributed by atoms with Gasteiger partial charge >= 0.3 is 69.9 Å². The minimum atomic E-state index is -2.33. The molecule has 0 heterocycles. The number of hydrogen-bond acceptors (Lipinski definition) is 6. The Morgan fingerprint density at radius 2 is 0.800 bits per heavy atom. The third kappa shape index (κ3) is 715. The zero-order valence-corrected chi connectivity index (χ0v) is 9.48. The van der Waals surface area contributed by atoms with E-state index in [1.54, 1.807) is 0 Å². The molecule has 1 radical (unpaired) electrons. The van der Waals surface area contributed by atoms with Crippen LogP contribution in [0.3, 0.4) is 0 Å². The molecule has 0 atom stereocenters. The van der Waals surface area contributed by atoms with E-state index in [4.69, 9.17) is 30.0 Å². The number of hydrogen-bond donors (Lipinski definition) is 0. The molecule has 0 saturated heterocycles. The van der Waals surface area contributed by atoms with E-state index in [1.165, 1.54) is 0 Å². The minimum Gasteiger partial charge on any atom is -0.652 e. The summed E-state index contributed by atoms with van der Waals surface area (Å²) in [6.45, 7) is 0. The zero-order valence-electron chi connectivity index (χ0n) is 4.86. The predicted molar refractivity (Wildman–Crippen MR) is 10.8 cm³/mol. The van der Waals surface area contributed by atoms with Crippen LogP contribution in [-0.2, 0) is 0 Å². The van der Waals surface area contributed by atoms with E-state index >= 15 is 0 Å². The Morgan fingerprint density at radius 3 is 0.800 bits per heavy atom. The van der Waals surface area contributed by atoms with Crippen LogP contribution in [0.1, 0.15) is 0 Å². The van der Waals surface area contributed by atoms with Gasteiger partial charge < -0.3 is 30.0 Å². The maximum atomic E-state index is 8.33. The predicted octanol–water partition coefficient (Wildman–Crippen LogP) is -7.89. The largest absolute Gasteiger partial charge is 3.00 e. The van der Waals surface area contributed by atoms with Gasteiger partial charge in [-0.3, -0.25) is 0 Å². The van der Waals surface area contributed by atoms with E-state index < -0.39 is 12.3 Å². The molecule has 0 amide bonds. The summed E-state index contributed by atoms with van der Waals surface area (Å²) in [6, 6.07) is 0.